The lowest BCUT2D eigenvalue weighted by molar-refractivity contribution is -0.966. The van der Waals surface area contributed by atoms with Crippen molar-refractivity contribution in [3.05, 3.63) is 82.4 Å². The first kappa shape index (κ1) is 19.5. The van der Waals surface area contributed by atoms with Gasteiger partial charge in [-0.2, -0.15) is 0 Å². The van der Waals surface area contributed by atoms with E-state index < -0.39 is 0 Å². The maximum atomic E-state index is 5.94. The van der Waals surface area contributed by atoms with Gasteiger partial charge in [0.15, 0.2) is 23.0 Å². The second kappa shape index (κ2) is 7.75. The molecule has 0 saturated heterocycles. The van der Waals surface area contributed by atoms with Crippen LogP contribution in [-0.4, -0.2) is 27.6 Å². The Hall–Kier alpha value is -3.18. The number of hydrogen-bond donors (Lipinski definition) is 1. The highest BCUT2D eigenvalue weighted by Gasteiger charge is 2.44. The van der Waals surface area contributed by atoms with Gasteiger partial charge in [0.1, 0.15) is 12.1 Å². The van der Waals surface area contributed by atoms with Gasteiger partial charge in [0.2, 0.25) is 6.79 Å². The molecule has 1 unspecified atom stereocenters. The fourth-order valence-electron chi connectivity index (χ4n) is 5.89. The molecule has 0 spiro atoms. The normalized spacial score (nSPS) is 22.5. The minimum Gasteiger partial charge on any atom is -0.493 e. The Labute approximate surface area is 188 Å². The molecule has 164 valence electrons. The number of benzene rings is 3. The molecule has 3 aliphatic heterocycles. The summed E-state index contributed by atoms with van der Waals surface area (Å²) in [5.74, 6) is 3.45. The summed E-state index contributed by atoms with van der Waals surface area (Å²) in [6, 6.07) is 20.2. The molecule has 0 aliphatic carbocycles. The summed E-state index contributed by atoms with van der Waals surface area (Å²) in [5.41, 5.74) is 6.78. The van der Waals surface area contributed by atoms with Gasteiger partial charge in [0.05, 0.1) is 26.3 Å². The predicted molar refractivity (Wildman–Crippen MR) is 121 cm³/mol. The van der Waals surface area contributed by atoms with Crippen molar-refractivity contribution >= 4 is 0 Å². The van der Waals surface area contributed by atoms with Crippen LogP contribution in [0.25, 0.3) is 0 Å². The molecule has 3 heterocycles. The largest absolute Gasteiger partial charge is 0.493 e. The molecule has 3 aromatic carbocycles. The van der Waals surface area contributed by atoms with Crippen molar-refractivity contribution < 1.29 is 23.8 Å². The van der Waals surface area contributed by atoms with Crippen molar-refractivity contribution in [2.45, 2.75) is 31.3 Å². The summed E-state index contributed by atoms with van der Waals surface area (Å²) in [6.45, 7) is 1.39. The molecule has 32 heavy (non-hydrogen) atoms. The van der Waals surface area contributed by atoms with E-state index in [0.29, 0.717) is 12.8 Å². The first-order valence-electron chi connectivity index (χ1n) is 11.3. The zero-order valence-corrected chi connectivity index (χ0v) is 18.5. The van der Waals surface area contributed by atoms with Crippen LogP contribution in [0.2, 0.25) is 0 Å². The van der Waals surface area contributed by atoms with Crippen LogP contribution in [0.4, 0.5) is 0 Å². The Morgan fingerprint density at radius 3 is 2.53 bits per heavy atom. The van der Waals surface area contributed by atoms with Gasteiger partial charge in [-0.25, -0.2) is 0 Å². The van der Waals surface area contributed by atoms with Crippen LogP contribution in [0.1, 0.15) is 39.9 Å². The molecule has 5 nitrogen and oxygen atoms in total. The summed E-state index contributed by atoms with van der Waals surface area (Å²) in [7, 11) is 3.47. The van der Waals surface area contributed by atoms with Crippen molar-refractivity contribution in [2.24, 2.45) is 0 Å². The number of quaternary nitrogens is 1. The van der Waals surface area contributed by atoms with Gasteiger partial charge >= 0.3 is 0 Å². The van der Waals surface area contributed by atoms with Crippen LogP contribution in [0.3, 0.4) is 0 Å². The summed E-state index contributed by atoms with van der Waals surface area (Å²) in [5, 5.41) is 0. The lowest BCUT2D eigenvalue weighted by Crippen LogP contribution is -3.14. The summed E-state index contributed by atoms with van der Waals surface area (Å²) >= 11 is 0. The monoisotopic (exact) mass is 430 g/mol. The molecule has 3 aliphatic rings. The molecule has 3 aromatic rings. The quantitative estimate of drug-likeness (QED) is 0.689. The van der Waals surface area contributed by atoms with Crippen LogP contribution in [0.15, 0.2) is 54.6 Å². The number of fused-ring (bicyclic) bond motifs is 5. The Kier molecular flexibility index (Phi) is 4.72. The van der Waals surface area contributed by atoms with Gasteiger partial charge in [-0.3, -0.25) is 0 Å². The van der Waals surface area contributed by atoms with Crippen LogP contribution in [0, 0.1) is 0 Å². The standard InChI is InChI=1S/C27H27NO4/c1-29-23-9-8-19-13-21-20-15-25-24(31-16-32-25)14-18(20)10-11-28(21)22(26(19)27(23)30-2)12-17-6-4-3-5-7-17/h3-9,14-15,21-22H,10-13,16H2,1-2H3/p+1/t21-,22+/m0/s1. The fraction of sp³-hybridized carbons (Fsp3) is 0.333. The van der Waals surface area contributed by atoms with Gasteiger partial charge < -0.3 is 23.8 Å². The van der Waals surface area contributed by atoms with Crippen molar-refractivity contribution in [3.8, 4) is 23.0 Å². The third-order valence-corrected chi connectivity index (χ3v) is 7.32. The Bertz CT molecular complexity index is 1160. The fourth-order valence-corrected chi connectivity index (χ4v) is 5.89. The van der Waals surface area contributed by atoms with E-state index in [2.05, 4.69) is 48.5 Å². The number of rotatable bonds is 4. The van der Waals surface area contributed by atoms with E-state index in [0.717, 1.165) is 48.8 Å². The molecule has 0 bridgehead atoms. The van der Waals surface area contributed by atoms with Crippen LogP contribution < -0.4 is 23.8 Å². The van der Waals surface area contributed by atoms with Gasteiger partial charge in [-0.15, -0.1) is 0 Å². The van der Waals surface area contributed by atoms with E-state index in [9.17, 15) is 0 Å². The van der Waals surface area contributed by atoms with Gasteiger partial charge in [-0.05, 0) is 34.9 Å². The van der Waals surface area contributed by atoms with Crippen LogP contribution in [-0.2, 0) is 19.3 Å². The Morgan fingerprint density at radius 1 is 0.938 bits per heavy atom. The first-order chi connectivity index (χ1) is 15.8. The van der Waals surface area contributed by atoms with E-state index >= 15 is 0 Å². The maximum absolute atomic E-state index is 5.94. The van der Waals surface area contributed by atoms with Crippen LogP contribution in [0.5, 0.6) is 23.0 Å². The topological polar surface area (TPSA) is 41.4 Å². The van der Waals surface area contributed by atoms with E-state index in [1.165, 1.54) is 27.8 Å². The van der Waals surface area contributed by atoms with Crippen molar-refractivity contribution in [1.29, 1.82) is 0 Å². The minimum atomic E-state index is 0.287. The molecule has 3 atom stereocenters. The van der Waals surface area contributed by atoms with Gasteiger partial charge in [0.25, 0.3) is 0 Å². The summed E-state index contributed by atoms with van der Waals surface area (Å²) in [6.07, 6.45) is 2.97. The van der Waals surface area contributed by atoms with E-state index in [1.807, 2.05) is 6.07 Å². The third-order valence-electron chi connectivity index (χ3n) is 7.32. The molecular formula is C27H28NO4+. The zero-order chi connectivity index (χ0) is 21.7. The number of hydrogen-bond acceptors (Lipinski definition) is 4. The molecule has 0 saturated carbocycles. The van der Waals surface area contributed by atoms with Gasteiger partial charge in [0, 0.05) is 24.8 Å². The highest BCUT2D eigenvalue weighted by atomic mass is 16.7. The maximum Gasteiger partial charge on any atom is 0.231 e. The van der Waals surface area contributed by atoms with Crippen molar-refractivity contribution in [2.75, 3.05) is 27.6 Å². The lowest BCUT2D eigenvalue weighted by atomic mass is 9.78. The third kappa shape index (κ3) is 3.03. The molecule has 0 radical (unpaired) electrons. The summed E-state index contributed by atoms with van der Waals surface area (Å²) in [4.78, 5) is 1.60. The molecule has 0 amide bonds. The number of ether oxygens (including phenoxy) is 4. The second-order valence-corrected chi connectivity index (χ2v) is 8.85. The van der Waals surface area contributed by atoms with Crippen molar-refractivity contribution in [3.63, 3.8) is 0 Å². The van der Waals surface area contributed by atoms with E-state index in [-0.39, 0.29) is 6.04 Å². The second-order valence-electron chi connectivity index (χ2n) is 8.85. The van der Waals surface area contributed by atoms with E-state index in [1.54, 1.807) is 19.1 Å². The number of methoxy groups -OCH3 is 2. The minimum absolute atomic E-state index is 0.287. The predicted octanol–water partition coefficient (Wildman–Crippen LogP) is 3.45. The summed E-state index contributed by atoms with van der Waals surface area (Å²) < 4.78 is 23.0. The molecule has 1 N–H and O–H groups in total. The van der Waals surface area contributed by atoms with Crippen molar-refractivity contribution in [1.82, 2.24) is 0 Å². The molecule has 6 rings (SSSR count). The highest BCUT2D eigenvalue weighted by Crippen LogP contribution is 2.44. The first-order valence-corrected chi connectivity index (χ1v) is 11.3. The van der Waals surface area contributed by atoms with E-state index in [4.69, 9.17) is 18.9 Å². The Balaban J connectivity index is 1.49. The molecular weight excluding hydrogens is 402 g/mol. The van der Waals surface area contributed by atoms with Crippen LogP contribution >= 0.6 is 0 Å². The molecule has 5 heteroatoms. The SMILES string of the molecule is COc1ccc2c(c1OC)[C@@H](Cc1ccccc1)[NH+]1CCc3cc4c(cc3[C@@H]1C2)OCO4. The smallest absolute Gasteiger partial charge is 0.231 e. The van der Waals surface area contributed by atoms with Gasteiger partial charge in [-0.1, -0.05) is 36.4 Å². The molecule has 0 aromatic heterocycles. The average molecular weight is 431 g/mol. The lowest BCUT2D eigenvalue weighted by Gasteiger charge is -2.44. The molecule has 0 fully saturated rings. The number of nitrogens with one attached hydrogen (secondary N) is 1. The highest BCUT2D eigenvalue weighted by molar-refractivity contribution is 5.55. The zero-order valence-electron chi connectivity index (χ0n) is 18.5. The Morgan fingerprint density at radius 2 is 1.75 bits per heavy atom. The average Bonchev–Trinajstić information content (AvgIpc) is 3.30.